The van der Waals surface area contributed by atoms with E-state index in [1.54, 1.807) is 13.8 Å². The number of nitrogens with zero attached hydrogens (tertiary/aromatic N) is 3. The number of piperazine rings is 1. The average Bonchev–Trinajstić information content (AvgIpc) is 2.85. The van der Waals surface area contributed by atoms with Gasteiger partial charge in [-0.1, -0.05) is 13.8 Å². The van der Waals surface area contributed by atoms with E-state index < -0.39 is 27.6 Å². The van der Waals surface area contributed by atoms with E-state index in [-0.39, 0.29) is 66.9 Å². The third kappa shape index (κ3) is 5.05. The molecule has 0 aliphatic carbocycles. The summed E-state index contributed by atoms with van der Waals surface area (Å²) in [5, 5.41) is 0. The number of hydrogen-bond donors (Lipinski definition) is 0. The summed E-state index contributed by atoms with van der Waals surface area (Å²) in [6.07, 6.45) is 0. The van der Waals surface area contributed by atoms with Crippen molar-refractivity contribution in [3.8, 4) is 5.75 Å². The molecule has 34 heavy (non-hydrogen) atoms. The molecule has 1 aliphatic heterocycles. The summed E-state index contributed by atoms with van der Waals surface area (Å²) in [6, 6.07) is 7.23. The van der Waals surface area contributed by atoms with E-state index in [9.17, 15) is 26.8 Å². The van der Waals surface area contributed by atoms with E-state index in [1.807, 2.05) is 0 Å². The fourth-order valence-corrected chi connectivity index (χ4v) is 5.46. The highest BCUT2D eigenvalue weighted by atomic mass is 32.2. The van der Waals surface area contributed by atoms with Crippen molar-refractivity contribution in [1.82, 2.24) is 14.1 Å². The van der Waals surface area contributed by atoms with Gasteiger partial charge in [0, 0.05) is 50.4 Å². The molecule has 0 spiro atoms. The standard InChI is InChI=1S/C23H27F2N3O5S/c1-4-28(5-2)34(31,32)21-15-17(7-9-20(21)33-3)23(30)27-12-10-26(11-13-27)22(29)16-6-8-18(24)19(25)14-16/h6-9,14-15H,4-5,10-13H2,1-3H3. The molecule has 0 atom stereocenters. The van der Waals surface area contributed by atoms with Gasteiger partial charge in [-0.05, 0) is 36.4 Å². The molecule has 11 heteroatoms. The first kappa shape index (κ1) is 25.6. The van der Waals surface area contributed by atoms with E-state index in [0.717, 1.165) is 12.1 Å². The van der Waals surface area contributed by atoms with Gasteiger partial charge in [-0.25, -0.2) is 17.2 Å². The highest BCUT2D eigenvalue weighted by Crippen LogP contribution is 2.28. The molecule has 2 aromatic rings. The summed E-state index contributed by atoms with van der Waals surface area (Å²) in [7, 11) is -2.50. The van der Waals surface area contributed by atoms with Crippen molar-refractivity contribution in [3.63, 3.8) is 0 Å². The summed E-state index contributed by atoms with van der Waals surface area (Å²) in [4.78, 5) is 28.6. The quantitative estimate of drug-likeness (QED) is 0.589. The van der Waals surface area contributed by atoms with E-state index in [2.05, 4.69) is 0 Å². The van der Waals surface area contributed by atoms with Crippen molar-refractivity contribution < 1.29 is 31.5 Å². The van der Waals surface area contributed by atoms with Gasteiger partial charge in [0.15, 0.2) is 11.6 Å². The molecule has 3 rings (SSSR count). The number of sulfonamides is 1. The largest absolute Gasteiger partial charge is 0.495 e. The molecule has 2 amide bonds. The molecule has 1 saturated heterocycles. The second kappa shape index (κ2) is 10.5. The van der Waals surface area contributed by atoms with Gasteiger partial charge >= 0.3 is 0 Å². The number of rotatable bonds is 7. The zero-order valence-corrected chi connectivity index (χ0v) is 20.1. The van der Waals surface area contributed by atoms with Crippen molar-refractivity contribution in [2.24, 2.45) is 0 Å². The Labute approximate surface area is 197 Å². The second-order valence-corrected chi connectivity index (χ2v) is 9.57. The van der Waals surface area contributed by atoms with Crippen LogP contribution in [-0.2, 0) is 10.0 Å². The third-order valence-electron chi connectivity index (χ3n) is 5.75. The molecular formula is C23H27F2N3O5S. The lowest BCUT2D eigenvalue weighted by atomic mass is 10.1. The molecule has 0 radical (unpaired) electrons. The number of halogens is 2. The Morgan fingerprint density at radius 3 is 1.85 bits per heavy atom. The van der Waals surface area contributed by atoms with E-state index in [1.165, 1.54) is 45.5 Å². The Balaban J connectivity index is 1.76. The Morgan fingerprint density at radius 2 is 1.38 bits per heavy atom. The Bertz CT molecular complexity index is 1180. The summed E-state index contributed by atoms with van der Waals surface area (Å²) < 4.78 is 59.2. The fourth-order valence-electron chi connectivity index (χ4n) is 3.82. The van der Waals surface area contributed by atoms with Gasteiger partial charge in [0.2, 0.25) is 10.0 Å². The fraction of sp³-hybridized carbons (Fsp3) is 0.391. The second-order valence-electron chi connectivity index (χ2n) is 7.67. The smallest absolute Gasteiger partial charge is 0.254 e. The zero-order valence-electron chi connectivity index (χ0n) is 19.3. The minimum absolute atomic E-state index is 0.0279. The number of methoxy groups -OCH3 is 1. The summed E-state index contributed by atoms with van der Waals surface area (Å²) in [5.74, 6) is -2.82. The van der Waals surface area contributed by atoms with Gasteiger partial charge in [-0.2, -0.15) is 4.31 Å². The molecule has 1 heterocycles. The Morgan fingerprint density at radius 1 is 0.882 bits per heavy atom. The molecule has 0 unspecified atom stereocenters. The summed E-state index contributed by atoms with van der Waals surface area (Å²) in [5.41, 5.74) is 0.215. The lowest BCUT2D eigenvalue weighted by molar-refractivity contribution is 0.0535. The van der Waals surface area contributed by atoms with Gasteiger partial charge in [0.25, 0.3) is 11.8 Å². The van der Waals surface area contributed by atoms with Crippen LogP contribution < -0.4 is 4.74 Å². The first-order valence-corrected chi connectivity index (χ1v) is 12.3. The minimum atomic E-state index is -3.86. The zero-order chi connectivity index (χ0) is 25.0. The lowest BCUT2D eigenvalue weighted by Crippen LogP contribution is -2.50. The maximum Gasteiger partial charge on any atom is 0.254 e. The van der Waals surface area contributed by atoms with Gasteiger partial charge in [-0.3, -0.25) is 9.59 Å². The molecule has 0 saturated carbocycles. The Kier molecular flexibility index (Phi) is 7.88. The van der Waals surface area contributed by atoms with Gasteiger partial charge in [-0.15, -0.1) is 0 Å². The lowest BCUT2D eigenvalue weighted by Gasteiger charge is -2.35. The molecule has 2 aromatic carbocycles. The SMILES string of the molecule is CCN(CC)S(=O)(=O)c1cc(C(=O)N2CCN(C(=O)c3ccc(F)c(F)c3)CC2)ccc1OC. The van der Waals surface area contributed by atoms with Gasteiger partial charge < -0.3 is 14.5 Å². The van der Waals surface area contributed by atoms with Crippen molar-refractivity contribution >= 4 is 21.8 Å². The first-order valence-electron chi connectivity index (χ1n) is 10.9. The van der Waals surface area contributed by atoms with Crippen LogP contribution in [0.5, 0.6) is 5.75 Å². The highest BCUT2D eigenvalue weighted by Gasteiger charge is 2.30. The van der Waals surface area contributed by atoms with Crippen molar-refractivity contribution in [2.45, 2.75) is 18.7 Å². The minimum Gasteiger partial charge on any atom is -0.495 e. The maximum absolute atomic E-state index is 13.5. The topological polar surface area (TPSA) is 87.2 Å². The number of hydrogen-bond acceptors (Lipinski definition) is 5. The van der Waals surface area contributed by atoms with Crippen LogP contribution >= 0.6 is 0 Å². The van der Waals surface area contributed by atoms with E-state index >= 15 is 0 Å². The molecule has 0 aromatic heterocycles. The monoisotopic (exact) mass is 495 g/mol. The number of carbonyl (C=O) groups excluding carboxylic acids is 2. The maximum atomic E-state index is 13.5. The first-order chi connectivity index (χ1) is 16.1. The number of carbonyl (C=O) groups is 2. The van der Waals surface area contributed by atoms with Gasteiger partial charge in [0.05, 0.1) is 7.11 Å². The van der Waals surface area contributed by atoms with Crippen LogP contribution in [0.1, 0.15) is 34.6 Å². The highest BCUT2D eigenvalue weighted by molar-refractivity contribution is 7.89. The molecule has 184 valence electrons. The number of benzene rings is 2. The van der Waals surface area contributed by atoms with Crippen LogP contribution in [0.3, 0.4) is 0 Å². The van der Waals surface area contributed by atoms with Crippen molar-refractivity contribution in [3.05, 3.63) is 59.2 Å². The predicted molar refractivity (Wildman–Crippen MR) is 121 cm³/mol. The molecule has 1 aliphatic rings. The number of amides is 2. The van der Waals surface area contributed by atoms with Crippen LogP contribution in [-0.4, -0.2) is 80.7 Å². The third-order valence-corrected chi connectivity index (χ3v) is 7.83. The predicted octanol–water partition coefficient (Wildman–Crippen LogP) is 2.60. The van der Waals surface area contributed by atoms with Crippen LogP contribution in [0.4, 0.5) is 8.78 Å². The van der Waals surface area contributed by atoms with Crippen molar-refractivity contribution in [1.29, 1.82) is 0 Å². The van der Waals surface area contributed by atoms with Crippen LogP contribution in [0, 0.1) is 11.6 Å². The molecular weight excluding hydrogens is 468 g/mol. The van der Waals surface area contributed by atoms with Crippen LogP contribution in [0.15, 0.2) is 41.3 Å². The average molecular weight is 496 g/mol. The summed E-state index contributed by atoms with van der Waals surface area (Å²) in [6.45, 7) is 4.81. The molecule has 8 nitrogen and oxygen atoms in total. The summed E-state index contributed by atoms with van der Waals surface area (Å²) >= 11 is 0. The van der Waals surface area contributed by atoms with Gasteiger partial charge in [0.1, 0.15) is 10.6 Å². The normalized spacial score (nSPS) is 14.4. The van der Waals surface area contributed by atoms with E-state index in [0.29, 0.717) is 0 Å². The number of ether oxygens (including phenoxy) is 1. The molecule has 1 fully saturated rings. The van der Waals surface area contributed by atoms with Crippen LogP contribution in [0.2, 0.25) is 0 Å². The molecule has 0 bridgehead atoms. The van der Waals surface area contributed by atoms with Crippen LogP contribution in [0.25, 0.3) is 0 Å². The molecule has 0 N–H and O–H groups in total. The van der Waals surface area contributed by atoms with Crippen molar-refractivity contribution in [2.75, 3.05) is 46.4 Å². The Hall–Kier alpha value is -3.05. The van der Waals surface area contributed by atoms with E-state index in [4.69, 9.17) is 4.74 Å².